The Morgan fingerprint density at radius 3 is 2.25 bits per heavy atom. The average molecular weight is 695 g/mol. The van der Waals surface area contributed by atoms with Crippen molar-refractivity contribution in [2.75, 3.05) is 0 Å². The second kappa shape index (κ2) is 10.7. The Hall–Kier alpha value is -0.880. The molecule has 1 unspecified atom stereocenters. The maximum atomic E-state index is 14.4. The second-order valence-electron chi connectivity index (χ2n) is 13.2. The molecule has 0 aromatic heterocycles. The van der Waals surface area contributed by atoms with Gasteiger partial charge in [0.15, 0.2) is 5.78 Å². The van der Waals surface area contributed by atoms with Crippen molar-refractivity contribution in [2.24, 2.45) is 34.5 Å². The van der Waals surface area contributed by atoms with Crippen LogP contribution < -0.4 is 0 Å². The van der Waals surface area contributed by atoms with E-state index >= 15 is 0 Å². The average Bonchev–Trinajstić information content (AvgIpc) is 3.08. The minimum Gasteiger partial charge on any atom is -0.463 e. The first-order valence-corrected chi connectivity index (χ1v) is 15.4. The van der Waals surface area contributed by atoms with E-state index < -0.39 is 33.8 Å². The molecule has 228 valence electrons. The van der Waals surface area contributed by atoms with Gasteiger partial charge in [0, 0.05) is 29.3 Å². The van der Waals surface area contributed by atoms with Crippen LogP contribution in [0.4, 0.5) is 30.7 Å². The summed E-state index contributed by atoms with van der Waals surface area (Å²) in [5.41, 5.74) is -3.78. The van der Waals surface area contributed by atoms with E-state index in [0.717, 1.165) is 50.5 Å². The fraction of sp³-hybridized carbons (Fsp3) is 0.862. The van der Waals surface area contributed by atoms with Crippen molar-refractivity contribution in [2.45, 2.75) is 120 Å². The molecular weight excluding hydrogens is 656 g/mol. The summed E-state index contributed by atoms with van der Waals surface area (Å²) in [6, 6.07) is 0. The first-order valence-electron chi connectivity index (χ1n) is 14.1. The summed E-state index contributed by atoms with van der Waals surface area (Å²) in [5, 5.41) is 0. The number of hydrogen-bond donors (Lipinski definition) is 0. The summed E-state index contributed by atoms with van der Waals surface area (Å²) in [7, 11) is 0. The first-order chi connectivity index (χ1) is 18.2. The molecule has 3 nitrogen and oxygen atoms in total. The van der Waals surface area contributed by atoms with Gasteiger partial charge in [0.2, 0.25) is 0 Å². The third-order valence-electron chi connectivity index (χ3n) is 10.9. The molecule has 0 aliphatic heterocycles. The van der Waals surface area contributed by atoms with Crippen LogP contribution in [0.5, 0.6) is 0 Å². The monoisotopic (exact) mass is 694 g/mol. The van der Waals surface area contributed by atoms with Crippen LogP contribution in [-0.2, 0) is 14.3 Å². The normalized spacial score (nSPS) is 36.5. The van der Waals surface area contributed by atoms with Crippen LogP contribution in [-0.4, -0.2) is 39.8 Å². The van der Waals surface area contributed by atoms with Crippen molar-refractivity contribution in [3.8, 4) is 0 Å². The summed E-state index contributed by atoms with van der Waals surface area (Å²) in [5.74, 6) is -0.225. The molecule has 0 amide bonds. The van der Waals surface area contributed by atoms with Crippen LogP contribution in [0.25, 0.3) is 0 Å². The predicted molar refractivity (Wildman–Crippen MR) is 143 cm³/mol. The Balaban J connectivity index is 1.53. The van der Waals surface area contributed by atoms with Crippen molar-refractivity contribution in [3.05, 3.63) is 11.1 Å². The Labute approximate surface area is 244 Å². The van der Waals surface area contributed by atoms with Gasteiger partial charge in [0.05, 0.1) is 0 Å². The van der Waals surface area contributed by atoms with Crippen molar-refractivity contribution in [1.29, 1.82) is 0 Å². The third kappa shape index (κ3) is 5.35. The highest BCUT2D eigenvalue weighted by Gasteiger charge is 2.72. The highest BCUT2D eigenvalue weighted by atomic mass is 127. The summed E-state index contributed by atoms with van der Waals surface area (Å²) >= 11 is 1.50. The summed E-state index contributed by atoms with van der Waals surface area (Å²) < 4.78 is 97.6. The number of rotatable bonds is 6. The molecule has 0 aromatic carbocycles. The van der Waals surface area contributed by atoms with Crippen LogP contribution >= 0.6 is 22.6 Å². The van der Waals surface area contributed by atoms with E-state index in [1.165, 1.54) is 35.1 Å². The summed E-state index contributed by atoms with van der Waals surface area (Å²) in [6.45, 7) is 7.49. The van der Waals surface area contributed by atoms with Gasteiger partial charge < -0.3 is 4.74 Å². The van der Waals surface area contributed by atoms with E-state index in [-0.39, 0.29) is 53.9 Å². The van der Waals surface area contributed by atoms with Crippen LogP contribution in [0.1, 0.15) is 91.9 Å². The SMILES string of the molecule is CC(=O)O[C@H]1CC[C@@]2(C)[C@@H](CCC3=C4C(=O)C[C@H]([C@H](C)CC(I)CC(F)(C(F)(F)F)C(F)(F)F)[C@@]4(C)CC[C@@H]32)C1. The molecule has 4 aliphatic carbocycles. The Morgan fingerprint density at radius 1 is 1.05 bits per heavy atom. The Morgan fingerprint density at radius 2 is 1.68 bits per heavy atom. The molecule has 0 spiro atoms. The zero-order valence-electron chi connectivity index (χ0n) is 23.3. The van der Waals surface area contributed by atoms with E-state index in [2.05, 4.69) is 6.92 Å². The molecule has 0 heterocycles. The van der Waals surface area contributed by atoms with E-state index in [4.69, 9.17) is 4.74 Å². The molecule has 40 heavy (non-hydrogen) atoms. The fourth-order valence-corrected chi connectivity index (χ4v) is 10.3. The largest absolute Gasteiger partial charge is 0.463 e. The lowest BCUT2D eigenvalue weighted by Crippen LogP contribution is -2.54. The number of fused-ring (bicyclic) bond motifs is 4. The van der Waals surface area contributed by atoms with Crippen molar-refractivity contribution in [3.63, 3.8) is 0 Å². The number of Topliss-reactive ketones (excluding diaryl/α,β-unsaturated/α-hetero) is 1. The molecule has 0 radical (unpaired) electrons. The number of esters is 1. The van der Waals surface area contributed by atoms with Crippen molar-refractivity contribution in [1.82, 2.24) is 0 Å². The zero-order valence-corrected chi connectivity index (χ0v) is 25.4. The van der Waals surface area contributed by atoms with Crippen LogP contribution in [0, 0.1) is 34.5 Å². The maximum Gasteiger partial charge on any atom is 0.431 e. The smallest absolute Gasteiger partial charge is 0.431 e. The minimum absolute atomic E-state index is 0.0184. The van der Waals surface area contributed by atoms with Gasteiger partial charge >= 0.3 is 18.3 Å². The molecule has 0 N–H and O–H groups in total. The number of ether oxygens (including phenoxy) is 1. The van der Waals surface area contributed by atoms with Gasteiger partial charge in [-0.3, -0.25) is 9.59 Å². The number of allylic oxidation sites excluding steroid dienone is 2. The zero-order chi connectivity index (χ0) is 30.1. The molecule has 0 bridgehead atoms. The van der Waals surface area contributed by atoms with Crippen LogP contribution in [0.15, 0.2) is 11.1 Å². The lowest BCUT2D eigenvalue weighted by Gasteiger charge is -2.56. The van der Waals surface area contributed by atoms with E-state index in [9.17, 15) is 40.3 Å². The quantitative estimate of drug-likeness (QED) is 0.121. The standard InChI is InChI=1S/C29H38F7IO3/c1-15(11-18(37)14-27(30,28(31,32)33)29(34,35)36)22-13-23(39)24-20-6-5-17-12-19(40-16(2)38)7-9-25(17,3)21(20)8-10-26(22,24)4/h15,17-19,21-22H,5-14H2,1-4H3/t15-,17+,18?,19+,21+,22-,25+,26-/m1/s1. The van der Waals surface area contributed by atoms with E-state index in [1.54, 1.807) is 6.92 Å². The van der Waals surface area contributed by atoms with E-state index in [1.807, 2.05) is 6.92 Å². The predicted octanol–water partition coefficient (Wildman–Crippen LogP) is 8.87. The summed E-state index contributed by atoms with van der Waals surface area (Å²) in [6.07, 6.45) is -8.03. The molecule has 3 saturated carbocycles. The lowest BCUT2D eigenvalue weighted by atomic mass is 9.48. The fourth-order valence-electron chi connectivity index (χ4n) is 8.84. The Bertz CT molecular complexity index is 1040. The molecule has 4 rings (SSSR count). The molecule has 0 aromatic rings. The molecule has 4 aliphatic rings. The minimum atomic E-state index is -6.06. The number of halogens is 8. The van der Waals surface area contributed by atoms with Gasteiger partial charge in [-0.15, -0.1) is 0 Å². The third-order valence-corrected chi connectivity index (χ3v) is 11.8. The van der Waals surface area contributed by atoms with Crippen LogP contribution in [0.2, 0.25) is 0 Å². The second-order valence-corrected chi connectivity index (χ2v) is 15.0. The van der Waals surface area contributed by atoms with Gasteiger partial charge in [-0.05, 0) is 85.9 Å². The molecule has 11 heteroatoms. The molecule has 3 fully saturated rings. The van der Waals surface area contributed by atoms with Gasteiger partial charge in [-0.1, -0.05) is 48.9 Å². The van der Waals surface area contributed by atoms with Gasteiger partial charge in [-0.25, -0.2) is 4.39 Å². The van der Waals surface area contributed by atoms with Gasteiger partial charge in [0.25, 0.3) is 5.67 Å². The number of carbonyl (C=O) groups excluding carboxylic acids is 2. The lowest BCUT2D eigenvalue weighted by molar-refractivity contribution is -0.343. The molecule has 0 saturated heterocycles. The number of hydrogen-bond acceptors (Lipinski definition) is 3. The van der Waals surface area contributed by atoms with Crippen molar-refractivity contribution < 1.29 is 45.1 Å². The maximum absolute atomic E-state index is 14.4. The summed E-state index contributed by atoms with van der Waals surface area (Å²) in [4.78, 5) is 25.0. The highest BCUT2D eigenvalue weighted by molar-refractivity contribution is 14.1. The van der Waals surface area contributed by atoms with Gasteiger partial charge in [-0.2, -0.15) is 26.3 Å². The van der Waals surface area contributed by atoms with Crippen LogP contribution in [0.3, 0.4) is 0 Å². The first kappa shape index (κ1) is 32.0. The Kier molecular flexibility index (Phi) is 8.56. The van der Waals surface area contributed by atoms with Gasteiger partial charge in [0.1, 0.15) is 6.10 Å². The van der Waals surface area contributed by atoms with Crippen molar-refractivity contribution >= 4 is 34.3 Å². The molecule has 8 atom stereocenters. The highest BCUT2D eigenvalue weighted by Crippen LogP contribution is 2.65. The number of alkyl halides is 8. The number of carbonyl (C=O) groups is 2. The van der Waals surface area contributed by atoms with E-state index in [0.29, 0.717) is 5.92 Å². The topological polar surface area (TPSA) is 43.4 Å². The molecular formula is C29H38F7IO3. The number of ketones is 1.